The van der Waals surface area contributed by atoms with Gasteiger partial charge in [0.15, 0.2) is 0 Å². The lowest BCUT2D eigenvalue weighted by atomic mass is 9.82. The van der Waals surface area contributed by atoms with Gasteiger partial charge in [0.2, 0.25) is 5.78 Å². The van der Waals surface area contributed by atoms with Gasteiger partial charge in [-0.3, -0.25) is 9.59 Å². The van der Waals surface area contributed by atoms with Crippen molar-refractivity contribution in [2.45, 2.75) is 12.6 Å². The molecule has 4 heteroatoms. The van der Waals surface area contributed by atoms with Crippen LogP contribution in [0.4, 0.5) is 10.1 Å². The number of hydrogen-bond donors (Lipinski definition) is 1. The smallest absolute Gasteiger partial charge is 0.275 e. The maximum atomic E-state index is 15.3. The lowest BCUT2D eigenvalue weighted by molar-refractivity contribution is -0.139. The second-order valence-electron chi connectivity index (χ2n) is 5.26. The molecule has 1 atom stereocenters. The average molecular weight is 295 g/mol. The summed E-state index contributed by atoms with van der Waals surface area (Å²) >= 11 is 0. The maximum absolute atomic E-state index is 15.3. The molecule has 0 aliphatic heterocycles. The zero-order valence-corrected chi connectivity index (χ0v) is 12.0. The summed E-state index contributed by atoms with van der Waals surface area (Å²) in [6.45, 7) is 1.91. The molecular weight excluding hydrogens is 281 g/mol. The molecule has 0 saturated carbocycles. The van der Waals surface area contributed by atoms with Crippen LogP contribution in [0.25, 0.3) is 6.08 Å². The van der Waals surface area contributed by atoms with Gasteiger partial charge in [0.05, 0.1) is 0 Å². The number of anilines is 1. The predicted molar refractivity (Wildman–Crippen MR) is 83.1 cm³/mol. The molecule has 110 valence electrons. The molecule has 0 spiro atoms. The van der Waals surface area contributed by atoms with Crippen molar-refractivity contribution in [2.75, 3.05) is 5.32 Å². The van der Waals surface area contributed by atoms with Crippen molar-refractivity contribution in [1.29, 1.82) is 0 Å². The van der Waals surface area contributed by atoms with Crippen LogP contribution in [0.15, 0.2) is 54.6 Å². The summed E-state index contributed by atoms with van der Waals surface area (Å²) in [5, 5.41) is 2.48. The van der Waals surface area contributed by atoms with Gasteiger partial charge in [-0.05, 0) is 30.7 Å². The molecule has 1 aliphatic carbocycles. The SMILES string of the molecule is Cc1ccc(NC(=O)C2(F)C(=O)C=Cc3ccccc32)cc1. The number of hydrogen-bond acceptors (Lipinski definition) is 2. The summed E-state index contributed by atoms with van der Waals surface area (Å²) in [5.74, 6) is -1.84. The number of halogens is 1. The third-order valence-corrected chi connectivity index (χ3v) is 3.71. The minimum atomic E-state index is -2.70. The van der Waals surface area contributed by atoms with Crippen molar-refractivity contribution < 1.29 is 14.0 Å². The van der Waals surface area contributed by atoms with E-state index in [2.05, 4.69) is 5.32 Å². The lowest BCUT2D eigenvalue weighted by Crippen LogP contribution is -2.44. The van der Waals surface area contributed by atoms with Crippen LogP contribution >= 0.6 is 0 Å². The molecule has 3 rings (SSSR count). The number of carbonyl (C=O) groups is 2. The summed E-state index contributed by atoms with van der Waals surface area (Å²) in [6, 6.07) is 13.4. The Balaban J connectivity index is 1.98. The number of alkyl halides is 1. The average Bonchev–Trinajstić information content (AvgIpc) is 2.53. The first kappa shape index (κ1) is 14.2. The quantitative estimate of drug-likeness (QED) is 0.863. The van der Waals surface area contributed by atoms with Crippen LogP contribution in [-0.2, 0) is 15.3 Å². The zero-order chi connectivity index (χ0) is 15.7. The van der Waals surface area contributed by atoms with Gasteiger partial charge in [-0.25, -0.2) is 4.39 Å². The second-order valence-corrected chi connectivity index (χ2v) is 5.26. The fourth-order valence-electron chi connectivity index (χ4n) is 2.46. The van der Waals surface area contributed by atoms with Crippen LogP contribution in [0, 0.1) is 6.92 Å². The van der Waals surface area contributed by atoms with Gasteiger partial charge in [0.1, 0.15) is 0 Å². The molecule has 3 nitrogen and oxygen atoms in total. The maximum Gasteiger partial charge on any atom is 0.275 e. The monoisotopic (exact) mass is 295 g/mol. The van der Waals surface area contributed by atoms with Crippen LogP contribution < -0.4 is 5.32 Å². The van der Waals surface area contributed by atoms with Gasteiger partial charge in [0, 0.05) is 11.3 Å². The summed E-state index contributed by atoms with van der Waals surface area (Å²) in [5.41, 5.74) is -0.617. The highest BCUT2D eigenvalue weighted by atomic mass is 19.1. The number of fused-ring (bicyclic) bond motifs is 1. The molecule has 0 aromatic heterocycles. The Bertz CT molecular complexity index is 780. The molecule has 1 unspecified atom stereocenters. The van der Waals surface area contributed by atoms with E-state index in [1.165, 1.54) is 12.1 Å². The van der Waals surface area contributed by atoms with E-state index in [-0.39, 0.29) is 5.56 Å². The molecule has 1 N–H and O–H groups in total. The normalized spacial score (nSPS) is 19.6. The number of benzene rings is 2. The van der Waals surface area contributed by atoms with E-state index in [0.29, 0.717) is 11.3 Å². The van der Waals surface area contributed by atoms with Gasteiger partial charge in [-0.15, -0.1) is 0 Å². The van der Waals surface area contributed by atoms with Crippen LogP contribution in [0.1, 0.15) is 16.7 Å². The zero-order valence-electron chi connectivity index (χ0n) is 12.0. The highest BCUT2D eigenvalue weighted by Gasteiger charge is 2.49. The minimum Gasteiger partial charge on any atom is -0.323 e. The van der Waals surface area contributed by atoms with Crippen molar-refractivity contribution in [1.82, 2.24) is 0 Å². The number of rotatable bonds is 2. The molecule has 2 aromatic carbocycles. The number of nitrogens with one attached hydrogen (secondary N) is 1. The van der Waals surface area contributed by atoms with E-state index in [1.807, 2.05) is 6.92 Å². The summed E-state index contributed by atoms with van der Waals surface area (Å²) in [7, 11) is 0. The molecule has 0 saturated heterocycles. The number of allylic oxidation sites excluding steroid dienone is 1. The molecule has 2 aromatic rings. The first-order valence-corrected chi connectivity index (χ1v) is 6.91. The predicted octanol–water partition coefficient (Wildman–Crippen LogP) is 3.39. The van der Waals surface area contributed by atoms with Gasteiger partial charge in [0.25, 0.3) is 11.6 Å². The Morgan fingerprint density at radius 2 is 1.73 bits per heavy atom. The standard InChI is InChI=1S/C18H14FNO2/c1-12-6-9-14(10-7-12)20-17(22)18(19)15-5-3-2-4-13(15)8-11-16(18)21/h2-11H,1H3,(H,20,22). The Morgan fingerprint density at radius 3 is 2.45 bits per heavy atom. The van der Waals surface area contributed by atoms with Gasteiger partial charge >= 0.3 is 0 Å². The van der Waals surface area contributed by atoms with Crippen molar-refractivity contribution in [3.8, 4) is 0 Å². The molecule has 0 heterocycles. The van der Waals surface area contributed by atoms with Crippen molar-refractivity contribution in [3.05, 3.63) is 71.3 Å². The van der Waals surface area contributed by atoms with Gasteiger partial charge in [-0.1, -0.05) is 48.0 Å². The molecule has 1 amide bonds. The summed E-state index contributed by atoms with van der Waals surface area (Å²) in [6.07, 6.45) is 2.63. The fraction of sp³-hybridized carbons (Fsp3) is 0.111. The number of ketones is 1. The van der Waals surface area contributed by atoms with Gasteiger partial charge in [-0.2, -0.15) is 0 Å². The van der Waals surface area contributed by atoms with Crippen LogP contribution in [-0.4, -0.2) is 11.7 Å². The topological polar surface area (TPSA) is 46.2 Å². The number of aryl methyl sites for hydroxylation is 1. The Labute approximate surface area is 127 Å². The van der Waals surface area contributed by atoms with E-state index in [0.717, 1.165) is 11.6 Å². The van der Waals surface area contributed by atoms with E-state index in [9.17, 15) is 9.59 Å². The van der Waals surface area contributed by atoms with Crippen LogP contribution in [0.2, 0.25) is 0 Å². The van der Waals surface area contributed by atoms with E-state index in [4.69, 9.17) is 0 Å². The largest absolute Gasteiger partial charge is 0.323 e. The summed E-state index contributed by atoms with van der Waals surface area (Å²) in [4.78, 5) is 24.4. The van der Waals surface area contributed by atoms with E-state index < -0.39 is 17.4 Å². The first-order valence-electron chi connectivity index (χ1n) is 6.91. The highest BCUT2D eigenvalue weighted by Crippen LogP contribution is 2.36. The Morgan fingerprint density at radius 1 is 1.05 bits per heavy atom. The molecule has 22 heavy (non-hydrogen) atoms. The lowest BCUT2D eigenvalue weighted by Gasteiger charge is -2.26. The van der Waals surface area contributed by atoms with Crippen molar-refractivity contribution in [2.24, 2.45) is 0 Å². The second kappa shape index (κ2) is 5.22. The van der Waals surface area contributed by atoms with Crippen LogP contribution in [0.3, 0.4) is 0 Å². The first-order chi connectivity index (χ1) is 10.5. The van der Waals surface area contributed by atoms with E-state index >= 15 is 4.39 Å². The highest BCUT2D eigenvalue weighted by molar-refractivity contribution is 6.21. The molecule has 1 aliphatic rings. The number of amides is 1. The Hall–Kier alpha value is -2.75. The van der Waals surface area contributed by atoms with E-state index in [1.54, 1.807) is 42.5 Å². The summed E-state index contributed by atoms with van der Waals surface area (Å²) < 4.78 is 15.3. The van der Waals surface area contributed by atoms with Crippen molar-refractivity contribution in [3.63, 3.8) is 0 Å². The molecule has 0 fully saturated rings. The van der Waals surface area contributed by atoms with Crippen LogP contribution in [0.5, 0.6) is 0 Å². The molecule has 0 bridgehead atoms. The third kappa shape index (κ3) is 2.22. The third-order valence-electron chi connectivity index (χ3n) is 3.71. The minimum absolute atomic E-state index is 0.0760. The van der Waals surface area contributed by atoms with Gasteiger partial charge < -0.3 is 5.32 Å². The molecular formula is C18H14FNO2. The molecule has 0 radical (unpaired) electrons. The number of carbonyl (C=O) groups excluding carboxylic acids is 2. The Kier molecular flexibility index (Phi) is 3.37. The fourth-order valence-corrected chi connectivity index (χ4v) is 2.46. The van der Waals surface area contributed by atoms with Crippen molar-refractivity contribution >= 4 is 23.5 Å².